The minimum Gasteiger partial charge on any atom is -0.463 e. The van der Waals surface area contributed by atoms with Crippen LogP contribution in [0.15, 0.2) is 55.6 Å². The van der Waals surface area contributed by atoms with E-state index < -0.39 is 5.92 Å². The van der Waals surface area contributed by atoms with E-state index in [9.17, 15) is 14.4 Å². The fourth-order valence-electron chi connectivity index (χ4n) is 4.27. The van der Waals surface area contributed by atoms with Gasteiger partial charge in [0.2, 0.25) is 11.8 Å². The van der Waals surface area contributed by atoms with Crippen LogP contribution >= 0.6 is 0 Å². The van der Waals surface area contributed by atoms with Crippen LogP contribution < -0.4 is 5.32 Å². The van der Waals surface area contributed by atoms with E-state index in [1.54, 1.807) is 24.0 Å². The molecular formula is C27H38N2O5. The zero-order valence-corrected chi connectivity index (χ0v) is 20.2. The molecule has 0 aromatic heterocycles. The molecule has 4 atom stereocenters. The zero-order valence-electron chi connectivity index (χ0n) is 20.2. The Hall–Kier alpha value is -2.93. The molecule has 1 heterocycles. The number of carbonyl (C=O) groups is 3. The van der Waals surface area contributed by atoms with E-state index in [1.807, 2.05) is 30.3 Å². The van der Waals surface area contributed by atoms with Gasteiger partial charge in [0.05, 0.1) is 24.5 Å². The Balaban J connectivity index is 1.97. The first-order valence-corrected chi connectivity index (χ1v) is 12.0. The third-order valence-corrected chi connectivity index (χ3v) is 6.10. The molecule has 186 valence electrons. The summed E-state index contributed by atoms with van der Waals surface area (Å²) in [4.78, 5) is 40.1. The highest BCUT2D eigenvalue weighted by molar-refractivity contribution is 5.86. The number of ether oxygens (including phenoxy) is 1. The average Bonchev–Trinajstić information content (AvgIpc) is 3.30. The average molecular weight is 471 g/mol. The first-order chi connectivity index (χ1) is 16.4. The predicted molar refractivity (Wildman–Crippen MR) is 132 cm³/mol. The lowest BCUT2D eigenvalue weighted by Gasteiger charge is -2.29. The number of nitrogens with one attached hydrogen (secondary N) is 1. The van der Waals surface area contributed by atoms with Gasteiger partial charge in [-0.2, -0.15) is 0 Å². The highest BCUT2D eigenvalue weighted by Crippen LogP contribution is 2.24. The number of aliphatic hydroxyl groups excluding tert-OH is 1. The van der Waals surface area contributed by atoms with Crippen molar-refractivity contribution in [2.45, 2.75) is 57.5 Å². The molecular weight excluding hydrogens is 432 g/mol. The van der Waals surface area contributed by atoms with Crippen molar-refractivity contribution in [3.8, 4) is 0 Å². The van der Waals surface area contributed by atoms with E-state index >= 15 is 0 Å². The molecule has 2 N–H and O–H groups in total. The Labute approximate surface area is 202 Å². The molecule has 1 fully saturated rings. The van der Waals surface area contributed by atoms with Crippen LogP contribution in [0.3, 0.4) is 0 Å². The molecule has 0 saturated carbocycles. The first-order valence-electron chi connectivity index (χ1n) is 12.0. The summed E-state index contributed by atoms with van der Waals surface area (Å²) in [6.45, 7) is 9.74. The molecule has 1 saturated heterocycles. The summed E-state index contributed by atoms with van der Waals surface area (Å²) in [5, 5.41) is 11.8. The van der Waals surface area contributed by atoms with Gasteiger partial charge in [-0.3, -0.25) is 14.4 Å². The maximum atomic E-state index is 13.3. The normalized spacial score (nSPS) is 17.9. The zero-order chi connectivity index (χ0) is 24.9. The second-order valence-corrected chi connectivity index (χ2v) is 8.95. The number of esters is 1. The number of likely N-dealkylation sites (tertiary alicyclic amines) is 1. The highest BCUT2D eigenvalue weighted by atomic mass is 16.5. The van der Waals surface area contributed by atoms with Crippen molar-refractivity contribution in [2.75, 3.05) is 19.8 Å². The third-order valence-electron chi connectivity index (χ3n) is 6.10. The highest BCUT2D eigenvalue weighted by Gasteiger charge is 2.34. The Morgan fingerprint density at radius 2 is 1.85 bits per heavy atom. The minimum absolute atomic E-state index is 0.0245. The lowest BCUT2D eigenvalue weighted by Crippen LogP contribution is -2.44. The van der Waals surface area contributed by atoms with E-state index in [0.29, 0.717) is 25.8 Å². The molecule has 0 bridgehead atoms. The summed E-state index contributed by atoms with van der Waals surface area (Å²) in [6.07, 6.45) is 6.42. The number of nitrogens with zero attached hydrogens (tertiary/aromatic N) is 1. The van der Waals surface area contributed by atoms with Gasteiger partial charge >= 0.3 is 5.97 Å². The lowest BCUT2D eigenvalue weighted by molar-refractivity contribution is -0.152. The number of allylic oxidation sites excluding steroid dienone is 2. The number of rotatable bonds is 14. The third kappa shape index (κ3) is 8.45. The summed E-state index contributed by atoms with van der Waals surface area (Å²) in [7, 11) is 0. The van der Waals surface area contributed by atoms with Crippen molar-refractivity contribution in [2.24, 2.45) is 11.8 Å². The molecule has 1 aromatic carbocycles. The van der Waals surface area contributed by atoms with E-state index in [2.05, 4.69) is 18.5 Å². The lowest BCUT2D eigenvalue weighted by atomic mass is 9.96. The molecule has 1 aliphatic rings. The fourth-order valence-corrected chi connectivity index (χ4v) is 4.27. The van der Waals surface area contributed by atoms with Crippen molar-refractivity contribution in [3.63, 3.8) is 0 Å². The first kappa shape index (κ1) is 27.3. The molecule has 0 spiro atoms. The van der Waals surface area contributed by atoms with Crippen LogP contribution in [0.4, 0.5) is 0 Å². The van der Waals surface area contributed by atoms with Crippen molar-refractivity contribution in [3.05, 3.63) is 61.2 Å². The molecule has 7 heteroatoms. The number of aliphatic hydroxyl groups is 1. The van der Waals surface area contributed by atoms with Gasteiger partial charge in [0, 0.05) is 19.0 Å². The van der Waals surface area contributed by atoms with Crippen molar-refractivity contribution in [1.29, 1.82) is 0 Å². The second kappa shape index (κ2) is 14.4. The molecule has 1 aliphatic heterocycles. The van der Waals surface area contributed by atoms with Crippen LogP contribution in [-0.4, -0.2) is 59.6 Å². The number of hydrogen-bond acceptors (Lipinski definition) is 5. The Kier molecular flexibility index (Phi) is 11.5. The van der Waals surface area contributed by atoms with Crippen LogP contribution in [0.5, 0.6) is 0 Å². The SMILES string of the molecule is C=CC[C@@H](Cc1ccccc1)C(=O)OC[C@@H]1CCCN1C(=O)[C@@H](CC=C)CC(=O)N[C@H](C)CO. The van der Waals surface area contributed by atoms with Crippen LogP contribution in [0.2, 0.25) is 0 Å². The maximum absolute atomic E-state index is 13.3. The quantitative estimate of drug-likeness (QED) is 0.322. The number of amides is 2. The Morgan fingerprint density at radius 3 is 2.50 bits per heavy atom. The van der Waals surface area contributed by atoms with E-state index in [4.69, 9.17) is 9.84 Å². The van der Waals surface area contributed by atoms with Crippen molar-refractivity contribution >= 4 is 17.8 Å². The van der Waals surface area contributed by atoms with Crippen LogP contribution in [0.1, 0.15) is 44.6 Å². The van der Waals surface area contributed by atoms with Crippen LogP contribution in [-0.2, 0) is 25.5 Å². The largest absolute Gasteiger partial charge is 0.463 e. The van der Waals surface area contributed by atoms with Crippen molar-refractivity contribution in [1.82, 2.24) is 10.2 Å². The Bertz CT molecular complexity index is 826. The molecule has 34 heavy (non-hydrogen) atoms. The molecule has 0 aliphatic carbocycles. The van der Waals surface area contributed by atoms with Gasteiger partial charge in [-0.15, -0.1) is 13.2 Å². The molecule has 1 aromatic rings. The number of carbonyl (C=O) groups excluding carboxylic acids is 3. The molecule has 0 unspecified atom stereocenters. The summed E-state index contributed by atoms with van der Waals surface area (Å²) in [5.74, 6) is -1.56. The van der Waals surface area contributed by atoms with Gasteiger partial charge in [-0.25, -0.2) is 0 Å². The number of hydrogen-bond donors (Lipinski definition) is 2. The van der Waals surface area contributed by atoms with Gasteiger partial charge in [0.25, 0.3) is 0 Å². The summed E-state index contributed by atoms with van der Waals surface area (Å²) < 4.78 is 5.67. The van der Waals surface area contributed by atoms with E-state index in [0.717, 1.165) is 18.4 Å². The second-order valence-electron chi connectivity index (χ2n) is 8.95. The van der Waals surface area contributed by atoms with Gasteiger partial charge in [-0.1, -0.05) is 42.5 Å². The fraction of sp³-hybridized carbons (Fsp3) is 0.519. The molecule has 7 nitrogen and oxygen atoms in total. The topological polar surface area (TPSA) is 95.9 Å². The molecule has 2 amide bonds. The minimum atomic E-state index is -0.536. The summed E-state index contributed by atoms with van der Waals surface area (Å²) >= 11 is 0. The van der Waals surface area contributed by atoms with E-state index in [1.165, 1.54) is 0 Å². The maximum Gasteiger partial charge on any atom is 0.309 e. The van der Waals surface area contributed by atoms with Crippen LogP contribution in [0, 0.1) is 11.8 Å². The van der Waals surface area contributed by atoms with Gasteiger partial charge in [-0.05, 0) is 44.6 Å². The summed E-state index contributed by atoms with van der Waals surface area (Å²) in [5.41, 5.74) is 1.06. The van der Waals surface area contributed by atoms with Gasteiger partial charge in [0.15, 0.2) is 0 Å². The summed E-state index contributed by atoms with van der Waals surface area (Å²) in [6, 6.07) is 9.22. The monoisotopic (exact) mass is 470 g/mol. The smallest absolute Gasteiger partial charge is 0.309 e. The van der Waals surface area contributed by atoms with Crippen LogP contribution in [0.25, 0.3) is 0 Å². The molecule has 0 radical (unpaired) electrons. The standard InChI is InChI=1S/C27H38N2O5/c1-4-10-22(17-25(31)28-20(3)18-30)26(32)29-15-9-14-24(29)19-34-27(33)23(11-5-2)16-21-12-7-6-8-13-21/h4-8,12-13,20,22-24,30H,1-2,9-11,14-19H2,3H3,(H,28,31)/t20-,22+,23+,24+/m1/s1. The number of benzene rings is 1. The van der Waals surface area contributed by atoms with E-state index in [-0.39, 0.29) is 55.4 Å². The van der Waals surface area contributed by atoms with Gasteiger partial charge < -0.3 is 20.1 Å². The predicted octanol–water partition coefficient (Wildman–Crippen LogP) is 3.04. The van der Waals surface area contributed by atoms with Gasteiger partial charge in [0.1, 0.15) is 6.61 Å². The molecule has 2 rings (SSSR count). The Morgan fingerprint density at radius 1 is 1.18 bits per heavy atom. The van der Waals surface area contributed by atoms with Crippen molar-refractivity contribution < 1.29 is 24.2 Å².